The second kappa shape index (κ2) is 25.5. The van der Waals surface area contributed by atoms with E-state index in [-0.39, 0.29) is 25.2 Å². The van der Waals surface area contributed by atoms with E-state index in [1.165, 1.54) is 77.0 Å². The van der Waals surface area contributed by atoms with E-state index in [9.17, 15) is 14.7 Å². The maximum absolute atomic E-state index is 12.0. The molecule has 5 heteroatoms. The smallest absolute Gasteiger partial charge is 0.306 e. The van der Waals surface area contributed by atoms with E-state index in [2.05, 4.69) is 27.7 Å². The molecule has 5 nitrogen and oxygen atoms in total. The van der Waals surface area contributed by atoms with Crippen LogP contribution in [0.1, 0.15) is 156 Å². The summed E-state index contributed by atoms with van der Waals surface area (Å²) in [5, 5.41) is 9.45. The highest BCUT2D eigenvalue weighted by molar-refractivity contribution is 5.70. The van der Waals surface area contributed by atoms with Gasteiger partial charge in [-0.1, -0.05) is 130 Å². The van der Waals surface area contributed by atoms with Gasteiger partial charge in [0.05, 0.1) is 6.61 Å². The highest BCUT2D eigenvalue weighted by Crippen LogP contribution is 2.15. The third-order valence-electron chi connectivity index (χ3n) is 6.76. The molecule has 0 radical (unpaired) electrons. The number of hydrogen-bond donors (Lipinski definition) is 1. The Bertz CT molecular complexity index is 503. The fraction of sp³-hybridized carbons (Fsp3) is 0.935. The zero-order valence-electron chi connectivity index (χ0n) is 24.4. The fourth-order valence-electron chi connectivity index (χ4n) is 4.39. The van der Waals surface area contributed by atoms with Gasteiger partial charge in [-0.15, -0.1) is 0 Å². The quantitative estimate of drug-likeness (QED) is 0.0928. The van der Waals surface area contributed by atoms with Crippen LogP contribution in [0, 0.1) is 11.8 Å². The SMILES string of the molecule is CC(C)CCCCCCCCCCCCC(=O)O[C@@H](CO)COC(=O)CCCCCCCCC(C)C. The van der Waals surface area contributed by atoms with Gasteiger partial charge in [-0.25, -0.2) is 0 Å². The summed E-state index contributed by atoms with van der Waals surface area (Å²) < 4.78 is 10.5. The van der Waals surface area contributed by atoms with Crippen molar-refractivity contribution in [1.29, 1.82) is 0 Å². The van der Waals surface area contributed by atoms with Crippen LogP contribution < -0.4 is 0 Å². The van der Waals surface area contributed by atoms with Crippen LogP contribution in [-0.2, 0) is 19.1 Å². The van der Waals surface area contributed by atoms with Crippen molar-refractivity contribution in [2.45, 2.75) is 162 Å². The Kier molecular flexibility index (Phi) is 24.8. The first-order chi connectivity index (χ1) is 17.3. The van der Waals surface area contributed by atoms with Gasteiger partial charge >= 0.3 is 11.9 Å². The molecule has 1 N–H and O–H groups in total. The number of hydrogen-bond acceptors (Lipinski definition) is 5. The van der Waals surface area contributed by atoms with Gasteiger partial charge in [0.25, 0.3) is 0 Å². The fourth-order valence-corrected chi connectivity index (χ4v) is 4.39. The molecule has 0 bridgehead atoms. The summed E-state index contributed by atoms with van der Waals surface area (Å²) in [5.74, 6) is 1.01. The Morgan fingerprint density at radius 1 is 0.556 bits per heavy atom. The van der Waals surface area contributed by atoms with Crippen molar-refractivity contribution >= 4 is 11.9 Å². The predicted octanol–water partition coefficient (Wildman–Crippen LogP) is 8.55. The number of carbonyl (C=O) groups is 2. The lowest BCUT2D eigenvalue weighted by Gasteiger charge is -2.15. The zero-order chi connectivity index (χ0) is 26.9. The molecular formula is C31H60O5. The molecule has 0 heterocycles. The Balaban J connectivity index is 3.59. The Hall–Kier alpha value is -1.10. The summed E-state index contributed by atoms with van der Waals surface area (Å²) in [5.41, 5.74) is 0. The minimum Gasteiger partial charge on any atom is -0.462 e. The first-order valence-corrected chi connectivity index (χ1v) is 15.3. The maximum Gasteiger partial charge on any atom is 0.306 e. The molecule has 36 heavy (non-hydrogen) atoms. The average molecular weight is 513 g/mol. The van der Waals surface area contributed by atoms with Crippen molar-refractivity contribution in [1.82, 2.24) is 0 Å². The molecule has 214 valence electrons. The Morgan fingerprint density at radius 2 is 0.917 bits per heavy atom. The van der Waals surface area contributed by atoms with Crippen LogP contribution in [0.4, 0.5) is 0 Å². The van der Waals surface area contributed by atoms with E-state index < -0.39 is 6.10 Å². The largest absolute Gasteiger partial charge is 0.462 e. The van der Waals surface area contributed by atoms with Crippen molar-refractivity contribution in [2.24, 2.45) is 11.8 Å². The maximum atomic E-state index is 12.0. The van der Waals surface area contributed by atoms with Crippen molar-refractivity contribution in [3.05, 3.63) is 0 Å². The van der Waals surface area contributed by atoms with E-state index in [0.717, 1.165) is 50.4 Å². The van der Waals surface area contributed by atoms with Crippen LogP contribution in [0.3, 0.4) is 0 Å². The monoisotopic (exact) mass is 512 g/mol. The van der Waals surface area contributed by atoms with E-state index in [1.54, 1.807) is 0 Å². The van der Waals surface area contributed by atoms with Crippen LogP contribution in [0.15, 0.2) is 0 Å². The van der Waals surface area contributed by atoms with Crippen molar-refractivity contribution in [2.75, 3.05) is 13.2 Å². The highest BCUT2D eigenvalue weighted by Gasteiger charge is 2.16. The molecule has 0 aromatic heterocycles. The molecule has 0 rings (SSSR count). The van der Waals surface area contributed by atoms with Crippen LogP contribution in [0.2, 0.25) is 0 Å². The first kappa shape index (κ1) is 34.9. The lowest BCUT2D eigenvalue weighted by atomic mass is 10.0. The lowest BCUT2D eigenvalue weighted by Crippen LogP contribution is -2.28. The van der Waals surface area contributed by atoms with E-state index in [4.69, 9.17) is 9.47 Å². The molecule has 0 amide bonds. The summed E-state index contributed by atoms with van der Waals surface area (Å²) in [4.78, 5) is 24.0. The van der Waals surface area contributed by atoms with Gasteiger partial charge in [-0.05, 0) is 24.7 Å². The van der Waals surface area contributed by atoms with Gasteiger partial charge in [0, 0.05) is 12.8 Å². The van der Waals surface area contributed by atoms with Gasteiger partial charge in [-0.2, -0.15) is 0 Å². The number of esters is 2. The lowest BCUT2D eigenvalue weighted by molar-refractivity contribution is -0.161. The first-order valence-electron chi connectivity index (χ1n) is 15.3. The van der Waals surface area contributed by atoms with E-state index >= 15 is 0 Å². The van der Waals surface area contributed by atoms with Crippen LogP contribution in [0.25, 0.3) is 0 Å². The van der Waals surface area contributed by atoms with Crippen molar-refractivity contribution in [3.8, 4) is 0 Å². The number of aliphatic hydroxyl groups is 1. The number of carbonyl (C=O) groups excluding carboxylic acids is 2. The normalized spacial score (nSPS) is 12.3. The van der Waals surface area contributed by atoms with E-state index in [1.807, 2.05) is 0 Å². The molecule has 0 aromatic carbocycles. The molecule has 1 atom stereocenters. The summed E-state index contributed by atoms with van der Waals surface area (Å²) in [6, 6.07) is 0. The van der Waals surface area contributed by atoms with E-state index in [0.29, 0.717) is 12.8 Å². The summed E-state index contributed by atoms with van der Waals surface area (Å²) in [6.07, 6.45) is 21.7. The molecule has 0 unspecified atom stereocenters. The average Bonchev–Trinajstić information content (AvgIpc) is 2.83. The predicted molar refractivity (Wildman–Crippen MR) is 150 cm³/mol. The number of ether oxygens (including phenoxy) is 2. The molecule has 0 fully saturated rings. The second-order valence-corrected chi connectivity index (χ2v) is 11.5. The number of unbranched alkanes of at least 4 members (excludes halogenated alkanes) is 14. The Morgan fingerprint density at radius 3 is 1.31 bits per heavy atom. The highest BCUT2D eigenvalue weighted by atomic mass is 16.6. The number of aliphatic hydroxyl groups excluding tert-OH is 1. The third kappa shape index (κ3) is 26.0. The molecule has 0 aliphatic rings. The summed E-state index contributed by atoms with van der Waals surface area (Å²) in [7, 11) is 0. The van der Waals surface area contributed by atoms with Gasteiger partial charge in [-0.3, -0.25) is 9.59 Å². The standard InChI is InChI=1S/C31H60O5/c1-27(2)21-17-13-9-7-5-6-8-10-16-20-24-31(34)36-29(25-32)26-35-30(33)23-19-15-12-11-14-18-22-28(3)4/h27-29,32H,5-26H2,1-4H3/t29-/m0/s1. The minimum absolute atomic E-state index is 0.0618. The topological polar surface area (TPSA) is 72.8 Å². The summed E-state index contributed by atoms with van der Waals surface area (Å²) >= 11 is 0. The van der Waals surface area contributed by atoms with Gasteiger partial charge in [0.2, 0.25) is 0 Å². The summed E-state index contributed by atoms with van der Waals surface area (Å²) in [6.45, 7) is 8.71. The second-order valence-electron chi connectivity index (χ2n) is 11.5. The zero-order valence-corrected chi connectivity index (χ0v) is 24.4. The van der Waals surface area contributed by atoms with Crippen molar-refractivity contribution < 1.29 is 24.2 Å². The minimum atomic E-state index is -0.761. The van der Waals surface area contributed by atoms with Gasteiger partial charge < -0.3 is 14.6 Å². The Labute approximate surface area is 223 Å². The van der Waals surface area contributed by atoms with Crippen LogP contribution >= 0.6 is 0 Å². The molecule has 0 aromatic rings. The van der Waals surface area contributed by atoms with Crippen molar-refractivity contribution in [3.63, 3.8) is 0 Å². The molecule has 0 aliphatic heterocycles. The number of rotatable bonds is 26. The van der Waals surface area contributed by atoms with Gasteiger partial charge in [0.15, 0.2) is 6.10 Å². The van der Waals surface area contributed by atoms with Crippen LogP contribution in [-0.4, -0.2) is 36.4 Å². The molecular weight excluding hydrogens is 452 g/mol. The van der Waals surface area contributed by atoms with Gasteiger partial charge in [0.1, 0.15) is 6.61 Å². The third-order valence-corrected chi connectivity index (χ3v) is 6.76. The molecule has 0 saturated carbocycles. The molecule has 0 aliphatic carbocycles. The van der Waals surface area contributed by atoms with Crippen LogP contribution in [0.5, 0.6) is 0 Å². The molecule has 0 spiro atoms. The molecule has 0 saturated heterocycles.